The van der Waals surface area contributed by atoms with Gasteiger partial charge in [-0.2, -0.15) is 0 Å². The van der Waals surface area contributed by atoms with Crippen LogP contribution in [0.2, 0.25) is 5.02 Å². The van der Waals surface area contributed by atoms with E-state index in [2.05, 4.69) is 10.6 Å². The van der Waals surface area contributed by atoms with E-state index in [-0.39, 0.29) is 11.9 Å². The molecule has 2 N–H and O–H groups in total. The van der Waals surface area contributed by atoms with E-state index < -0.39 is 0 Å². The van der Waals surface area contributed by atoms with Gasteiger partial charge in [0.1, 0.15) is 0 Å². The quantitative estimate of drug-likeness (QED) is 0.894. The molecule has 6 heteroatoms. The van der Waals surface area contributed by atoms with Gasteiger partial charge in [0, 0.05) is 26.1 Å². The summed E-state index contributed by atoms with van der Waals surface area (Å²) >= 11 is 6.06. The van der Waals surface area contributed by atoms with Gasteiger partial charge in [0.25, 0.3) is 0 Å². The molecule has 1 fully saturated rings. The summed E-state index contributed by atoms with van der Waals surface area (Å²) in [5.74, 6) is 0.360. The number of benzene rings is 1. The lowest BCUT2D eigenvalue weighted by molar-refractivity contribution is -0.121. The molecule has 0 aromatic heterocycles. The normalized spacial score (nSPS) is 17.9. The highest BCUT2D eigenvalue weighted by Gasteiger charge is 2.24. The van der Waals surface area contributed by atoms with Crippen LogP contribution in [0.4, 0.5) is 10.5 Å². The number of halogens is 1. The number of urea groups is 1. The van der Waals surface area contributed by atoms with Crippen LogP contribution in [0.25, 0.3) is 0 Å². The number of likely N-dealkylation sites (tertiary alicyclic amines) is 1. The topological polar surface area (TPSA) is 61.4 Å². The Kier molecular flexibility index (Phi) is 6.07. The SMILES string of the molecule is CCC(=O)NC[C@H]1CCCN(C(=O)Nc2ccccc2Cl)C1. The lowest BCUT2D eigenvalue weighted by atomic mass is 9.98. The zero-order valence-electron chi connectivity index (χ0n) is 12.8. The first-order valence-electron chi connectivity index (χ1n) is 7.67. The third-order valence-corrected chi connectivity index (χ3v) is 4.16. The number of carbonyl (C=O) groups is 2. The maximum Gasteiger partial charge on any atom is 0.321 e. The highest BCUT2D eigenvalue weighted by atomic mass is 35.5. The van der Waals surface area contributed by atoms with Gasteiger partial charge in [0.15, 0.2) is 0 Å². The zero-order valence-corrected chi connectivity index (χ0v) is 13.5. The van der Waals surface area contributed by atoms with Crippen molar-refractivity contribution in [1.82, 2.24) is 10.2 Å². The van der Waals surface area contributed by atoms with Gasteiger partial charge in [-0.05, 0) is 30.9 Å². The van der Waals surface area contributed by atoms with E-state index in [0.717, 1.165) is 19.4 Å². The highest BCUT2D eigenvalue weighted by molar-refractivity contribution is 6.33. The average molecular weight is 324 g/mol. The van der Waals surface area contributed by atoms with Crippen molar-refractivity contribution in [2.24, 2.45) is 5.92 Å². The van der Waals surface area contributed by atoms with E-state index in [1.54, 1.807) is 17.0 Å². The molecule has 1 heterocycles. The molecule has 1 aromatic carbocycles. The molecular weight excluding hydrogens is 302 g/mol. The smallest absolute Gasteiger partial charge is 0.321 e. The molecule has 1 aliphatic rings. The first-order chi connectivity index (χ1) is 10.6. The number of amides is 3. The molecule has 1 saturated heterocycles. The van der Waals surface area contributed by atoms with E-state index in [1.807, 2.05) is 19.1 Å². The van der Waals surface area contributed by atoms with E-state index in [4.69, 9.17) is 11.6 Å². The van der Waals surface area contributed by atoms with Crippen LogP contribution in [0.15, 0.2) is 24.3 Å². The van der Waals surface area contributed by atoms with E-state index in [9.17, 15) is 9.59 Å². The molecule has 5 nitrogen and oxygen atoms in total. The molecule has 0 saturated carbocycles. The van der Waals surface area contributed by atoms with Gasteiger partial charge in [0.2, 0.25) is 5.91 Å². The van der Waals surface area contributed by atoms with Crippen molar-refractivity contribution in [1.29, 1.82) is 0 Å². The molecule has 0 unspecified atom stereocenters. The second-order valence-corrected chi connectivity index (χ2v) is 5.93. The zero-order chi connectivity index (χ0) is 15.9. The number of carbonyl (C=O) groups excluding carboxylic acids is 2. The van der Waals surface area contributed by atoms with Crippen LogP contribution in [-0.2, 0) is 4.79 Å². The molecule has 0 radical (unpaired) electrons. The van der Waals surface area contributed by atoms with Gasteiger partial charge in [0.05, 0.1) is 10.7 Å². The summed E-state index contributed by atoms with van der Waals surface area (Å²) in [6.07, 6.45) is 2.46. The Morgan fingerprint density at radius 2 is 2.14 bits per heavy atom. The molecule has 0 aliphatic carbocycles. The minimum atomic E-state index is -0.139. The number of piperidine rings is 1. The van der Waals surface area contributed by atoms with Crippen LogP contribution in [0.3, 0.4) is 0 Å². The Morgan fingerprint density at radius 3 is 2.86 bits per heavy atom. The molecule has 1 atom stereocenters. The van der Waals surface area contributed by atoms with Crippen molar-refractivity contribution >= 4 is 29.2 Å². The number of anilines is 1. The van der Waals surface area contributed by atoms with Gasteiger partial charge in [-0.1, -0.05) is 30.7 Å². The van der Waals surface area contributed by atoms with Crippen LogP contribution in [0.5, 0.6) is 0 Å². The molecule has 1 aliphatic heterocycles. The molecule has 22 heavy (non-hydrogen) atoms. The summed E-state index contributed by atoms with van der Waals surface area (Å²) in [4.78, 5) is 25.4. The van der Waals surface area contributed by atoms with Crippen LogP contribution >= 0.6 is 11.6 Å². The van der Waals surface area contributed by atoms with Crippen LogP contribution in [-0.4, -0.2) is 36.5 Å². The molecule has 0 bridgehead atoms. The maximum atomic E-state index is 12.3. The Balaban J connectivity index is 1.87. The molecule has 2 rings (SSSR count). The van der Waals surface area contributed by atoms with Gasteiger partial charge in [-0.25, -0.2) is 4.79 Å². The van der Waals surface area contributed by atoms with Crippen molar-refractivity contribution in [2.45, 2.75) is 26.2 Å². The number of para-hydroxylation sites is 1. The fourth-order valence-electron chi connectivity index (χ4n) is 2.56. The largest absolute Gasteiger partial charge is 0.356 e. The average Bonchev–Trinajstić information content (AvgIpc) is 2.55. The van der Waals surface area contributed by atoms with E-state index in [0.29, 0.717) is 36.1 Å². The van der Waals surface area contributed by atoms with Crippen LogP contribution < -0.4 is 10.6 Å². The van der Waals surface area contributed by atoms with Crippen LogP contribution in [0.1, 0.15) is 26.2 Å². The van der Waals surface area contributed by atoms with Gasteiger partial charge >= 0.3 is 6.03 Å². The minimum Gasteiger partial charge on any atom is -0.356 e. The lowest BCUT2D eigenvalue weighted by Gasteiger charge is -2.33. The fraction of sp³-hybridized carbons (Fsp3) is 0.500. The monoisotopic (exact) mass is 323 g/mol. The second kappa shape index (κ2) is 8.03. The van der Waals surface area contributed by atoms with E-state index in [1.165, 1.54) is 0 Å². The Labute approximate surface area is 136 Å². The predicted octanol–water partition coefficient (Wildman–Crippen LogP) is 3.11. The maximum absolute atomic E-state index is 12.3. The van der Waals surface area contributed by atoms with Crippen molar-refractivity contribution in [3.63, 3.8) is 0 Å². The second-order valence-electron chi connectivity index (χ2n) is 5.52. The summed E-state index contributed by atoms with van der Waals surface area (Å²) in [7, 11) is 0. The number of rotatable bonds is 4. The first-order valence-corrected chi connectivity index (χ1v) is 8.05. The number of hydrogen-bond acceptors (Lipinski definition) is 2. The first kappa shape index (κ1) is 16.6. The Hall–Kier alpha value is -1.75. The number of nitrogens with one attached hydrogen (secondary N) is 2. The lowest BCUT2D eigenvalue weighted by Crippen LogP contribution is -2.45. The van der Waals surface area contributed by atoms with Crippen molar-refractivity contribution in [2.75, 3.05) is 25.0 Å². The number of hydrogen-bond donors (Lipinski definition) is 2. The van der Waals surface area contributed by atoms with Gasteiger partial charge in [-0.3, -0.25) is 4.79 Å². The molecule has 3 amide bonds. The highest BCUT2D eigenvalue weighted by Crippen LogP contribution is 2.22. The summed E-state index contributed by atoms with van der Waals surface area (Å²) in [6.45, 7) is 3.84. The summed E-state index contributed by atoms with van der Waals surface area (Å²) in [6, 6.07) is 7.05. The fourth-order valence-corrected chi connectivity index (χ4v) is 2.74. The Bertz CT molecular complexity index is 536. The summed E-state index contributed by atoms with van der Waals surface area (Å²) < 4.78 is 0. The predicted molar refractivity (Wildman–Crippen MR) is 88.1 cm³/mol. The molecule has 120 valence electrons. The standard InChI is InChI=1S/C16H22ClN3O2/c1-2-15(21)18-10-12-6-5-9-20(11-12)16(22)19-14-8-4-3-7-13(14)17/h3-4,7-8,12H,2,5-6,9-11H2,1H3,(H,18,21)(H,19,22)/t12-/m1/s1. The third-order valence-electron chi connectivity index (χ3n) is 3.83. The van der Waals surface area contributed by atoms with E-state index >= 15 is 0 Å². The summed E-state index contributed by atoms with van der Waals surface area (Å²) in [5, 5.41) is 6.27. The molecule has 1 aromatic rings. The van der Waals surface area contributed by atoms with Gasteiger partial charge < -0.3 is 15.5 Å². The van der Waals surface area contributed by atoms with Crippen LogP contribution in [0, 0.1) is 5.92 Å². The van der Waals surface area contributed by atoms with Gasteiger partial charge in [-0.15, -0.1) is 0 Å². The molecular formula is C16H22ClN3O2. The Morgan fingerprint density at radius 1 is 1.36 bits per heavy atom. The molecule has 0 spiro atoms. The number of nitrogens with zero attached hydrogens (tertiary/aromatic N) is 1. The van der Waals surface area contributed by atoms with Crippen molar-refractivity contribution in [3.05, 3.63) is 29.3 Å². The summed E-state index contributed by atoms with van der Waals surface area (Å²) in [5.41, 5.74) is 0.621. The minimum absolute atomic E-state index is 0.0534. The van der Waals surface area contributed by atoms with Crippen molar-refractivity contribution in [3.8, 4) is 0 Å². The van der Waals surface area contributed by atoms with Crippen molar-refractivity contribution < 1.29 is 9.59 Å². The third kappa shape index (κ3) is 4.63.